The Kier molecular flexibility index (Phi) is 4.62. The van der Waals surface area contributed by atoms with Crippen LogP contribution in [0.15, 0.2) is 31.8 Å². The summed E-state index contributed by atoms with van der Waals surface area (Å²) in [6, 6.07) is 5.23. The molecule has 0 unspecified atom stereocenters. The van der Waals surface area contributed by atoms with E-state index in [0.29, 0.717) is 22.8 Å². The van der Waals surface area contributed by atoms with Crippen molar-refractivity contribution in [3.63, 3.8) is 0 Å². The molecular weight excluding hydrogens is 314 g/mol. The number of furan rings is 1. The van der Waals surface area contributed by atoms with Crippen LogP contribution in [0.3, 0.4) is 0 Å². The topological polar surface area (TPSA) is 107 Å². The molecule has 0 saturated carbocycles. The van der Waals surface area contributed by atoms with Crippen LogP contribution in [-0.2, 0) is 16.6 Å². The van der Waals surface area contributed by atoms with Crippen LogP contribution in [0.25, 0.3) is 0 Å². The summed E-state index contributed by atoms with van der Waals surface area (Å²) in [6.45, 7) is 1.58. The van der Waals surface area contributed by atoms with Crippen molar-refractivity contribution >= 4 is 21.4 Å². The van der Waals surface area contributed by atoms with Gasteiger partial charge in [0.1, 0.15) is 5.76 Å². The minimum Gasteiger partial charge on any atom is -0.468 e. The molecule has 21 heavy (non-hydrogen) atoms. The molecular formula is C12H13N3O4S2. The third kappa shape index (κ3) is 3.41. The molecule has 0 atom stereocenters. The van der Waals surface area contributed by atoms with Crippen LogP contribution in [0.4, 0.5) is 0 Å². The first-order valence-electron chi connectivity index (χ1n) is 6.04. The highest BCUT2D eigenvalue weighted by Gasteiger charge is 2.29. The van der Waals surface area contributed by atoms with E-state index in [9.17, 15) is 13.2 Å². The Bertz CT molecular complexity index is 796. The van der Waals surface area contributed by atoms with Crippen LogP contribution < -0.4 is 4.87 Å². The maximum atomic E-state index is 12.6. The molecule has 9 heteroatoms. The number of hydrogen-bond donors (Lipinski definition) is 1. The van der Waals surface area contributed by atoms with Gasteiger partial charge in [-0.1, -0.05) is 11.3 Å². The van der Waals surface area contributed by atoms with Gasteiger partial charge in [-0.15, -0.1) is 0 Å². The Morgan fingerprint density at radius 2 is 2.29 bits per heavy atom. The van der Waals surface area contributed by atoms with Crippen molar-refractivity contribution in [2.75, 3.05) is 6.54 Å². The summed E-state index contributed by atoms with van der Waals surface area (Å²) in [4.78, 5) is 13.3. The van der Waals surface area contributed by atoms with Crippen molar-refractivity contribution in [1.29, 1.82) is 5.26 Å². The second-order valence-electron chi connectivity index (χ2n) is 4.25. The van der Waals surface area contributed by atoms with E-state index in [4.69, 9.17) is 9.68 Å². The molecule has 7 nitrogen and oxygen atoms in total. The molecule has 0 aliphatic carbocycles. The number of thiazole rings is 1. The number of aryl methyl sites for hydroxylation is 1. The van der Waals surface area contributed by atoms with Gasteiger partial charge in [-0.2, -0.15) is 9.57 Å². The number of aromatic amines is 1. The Morgan fingerprint density at radius 3 is 2.81 bits per heavy atom. The molecule has 112 valence electrons. The van der Waals surface area contributed by atoms with Crippen molar-refractivity contribution in [1.82, 2.24) is 9.29 Å². The average Bonchev–Trinajstić information content (AvgIpc) is 3.04. The van der Waals surface area contributed by atoms with Gasteiger partial charge in [0.2, 0.25) is 0 Å². The van der Waals surface area contributed by atoms with Gasteiger partial charge in [0.05, 0.1) is 18.9 Å². The lowest BCUT2D eigenvalue weighted by Gasteiger charge is -2.19. The second-order valence-corrected chi connectivity index (χ2v) is 7.37. The number of nitriles is 1. The van der Waals surface area contributed by atoms with Gasteiger partial charge in [-0.25, -0.2) is 8.42 Å². The van der Waals surface area contributed by atoms with Crippen molar-refractivity contribution in [2.45, 2.75) is 24.1 Å². The molecule has 0 saturated heterocycles. The van der Waals surface area contributed by atoms with Gasteiger partial charge in [0, 0.05) is 18.7 Å². The maximum Gasteiger partial charge on any atom is 0.305 e. The summed E-state index contributed by atoms with van der Waals surface area (Å²) in [5.41, 5.74) is 0.298. The summed E-state index contributed by atoms with van der Waals surface area (Å²) in [5, 5.41) is 8.69. The average molecular weight is 327 g/mol. The predicted molar refractivity (Wildman–Crippen MR) is 76.2 cm³/mol. The van der Waals surface area contributed by atoms with Gasteiger partial charge >= 0.3 is 4.87 Å². The van der Waals surface area contributed by atoms with E-state index in [1.165, 1.54) is 13.2 Å². The molecule has 0 aliphatic heterocycles. The highest BCUT2D eigenvalue weighted by atomic mass is 32.2. The van der Waals surface area contributed by atoms with E-state index in [0.717, 1.165) is 4.31 Å². The number of rotatable bonds is 6. The van der Waals surface area contributed by atoms with Crippen LogP contribution in [0.1, 0.15) is 17.9 Å². The Hall–Kier alpha value is -1.89. The zero-order chi connectivity index (χ0) is 15.5. The van der Waals surface area contributed by atoms with Crippen LogP contribution in [0.2, 0.25) is 0 Å². The van der Waals surface area contributed by atoms with E-state index >= 15 is 0 Å². The molecule has 2 aromatic rings. The van der Waals surface area contributed by atoms with Crippen LogP contribution in [-0.4, -0.2) is 24.3 Å². The first-order valence-corrected chi connectivity index (χ1v) is 8.30. The monoisotopic (exact) mass is 327 g/mol. The lowest BCUT2D eigenvalue weighted by Crippen LogP contribution is -2.31. The number of nitrogens with one attached hydrogen (secondary N) is 1. The SMILES string of the molecule is Cc1[nH]c(=O)sc1S(=O)(=O)N(CCC#N)Cc1ccco1. The van der Waals surface area contributed by atoms with Crippen LogP contribution in [0.5, 0.6) is 0 Å². The quantitative estimate of drug-likeness (QED) is 0.864. The summed E-state index contributed by atoms with van der Waals surface area (Å²) in [7, 11) is -3.85. The van der Waals surface area contributed by atoms with E-state index < -0.39 is 14.9 Å². The molecule has 0 aliphatic rings. The molecule has 2 heterocycles. The number of sulfonamides is 1. The first kappa shape index (κ1) is 15.5. The number of aromatic nitrogens is 1. The lowest BCUT2D eigenvalue weighted by atomic mass is 10.4. The van der Waals surface area contributed by atoms with Gasteiger partial charge in [0.15, 0.2) is 4.21 Å². The summed E-state index contributed by atoms with van der Waals surface area (Å²) in [6.07, 6.45) is 1.50. The van der Waals surface area contributed by atoms with E-state index in [1.54, 1.807) is 12.1 Å². The van der Waals surface area contributed by atoms with Crippen molar-refractivity contribution in [2.24, 2.45) is 0 Å². The molecule has 0 radical (unpaired) electrons. The predicted octanol–water partition coefficient (Wildman–Crippen LogP) is 1.44. The Morgan fingerprint density at radius 1 is 1.52 bits per heavy atom. The number of H-pyrrole nitrogens is 1. The highest BCUT2D eigenvalue weighted by Crippen LogP contribution is 2.23. The molecule has 1 N–H and O–H groups in total. The fourth-order valence-electron chi connectivity index (χ4n) is 1.79. The van der Waals surface area contributed by atoms with Crippen molar-refractivity contribution < 1.29 is 12.8 Å². The third-order valence-corrected chi connectivity index (χ3v) is 6.17. The zero-order valence-corrected chi connectivity index (χ0v) is 12.8. The summed E-state index contributed by atoms with van der Waals surface area (Å²) >= 11 is 0.641. The van der Waals surface area contributed by atoms with E-state index in [1.807, 2.05) is 6.07 Å². The van der Waals surface area contributed by atoms with Crippen LogP contribution >= 0.6 is 11.3 Å². The van der Waals surface area contributed by atoms with Gasteiger partial charge in [-0.05, 0) is 19.1 Å². The Balaban J connectivity index is 2.37. The smallest absolute Gasteiger partial charge is 0.305 e. The molecule has 0 bridgehead atoms. The molecule has 0 fully saturated rings. The van der Waals surface area contributed by atoms with Crippen LogP contribution in [0, 0.1) is 18.3 Å². The summed E-state index contributed by atoms with van der Waals surface area (Å²) < 4.78 is 31.5. The minimum absolute atomic E-state index is 0.0164. The second kappa shape index (κ2) is 6.26. The molecule has 0 aromatic carbocycles. The van der Waals surface area contributed by atoms with Gasteiger partial charge < -0.3 is 9.40 Å². The fourth-order valence-corrected chi connectivity index (χ4v) is 4.63. The fraction of sp³-hybridized carbons (Fsp3) is 0.333. The molecule has 0 spiro atoms. The number of nitrogens with zero attached hydrogens (tertiary/aromatic N) is 2. The van der Waals surface area contributed by atoms with Gasteiger partial charge in [-0.3, -0.25) is 4.79 Å². The van der Waals surface area contributed by atoms with E-state index in [-0.39, 0.29) is 23.7 Å². The highest BCUT2D eigenvalue weighted by molar-refractivity contribution is 7.91. The lowest BCUT2D eigenvalue weighted by molar-refractivity contribution is 0.369. The van der Waals surface area contributed by atoms with Crippen molar-refractivity contribution in [3.8, 4) is 6.07 Å². The normalized spacial score (nSPS) is 11.7. The third-order valence-electron chi connectivity index (χ3n) is 2.74. The van der Waals surface area contributed by atoms with Gasteiger partial charge in [0.25, 0.3) is 10.0 Å². The molecule has 2 rings (SSSR count). The number of hydrogen-bond acceptors (Lipinski definition) is 6. The Labute approximate surface area is 125 Å². The standard InChI is InChI=1S/C12H13N3O4S2/c1-9-11(20-12(16)14-9)21(17,18)15(6-3-5-13)8-10-4-2-7-19-10/h2,4,7H,3,6,8H2,1H3,(H,14,16). The summed E-state index contributed by atoms with van der Waals surface area (Å²) in [5.74, 6) is 0.469. The van der Waals surface area contributed by atoms with Crippen molar-refractivity contribution in [3.05, 3.63) is 39.5 Å². The molecule has 2 aromatic heterocycles. The zero-order valence-electron chi connectivity index (χ0n) is 11.2. The van der Waals surface area contributed by atoms with E-state index in [2.05, 4.69) is 4.98 Å². The molecule has 0 amide bonds. The largest absolute Gasteiger partial charge is 0.468 e. The maximum absolute atomic E-state index is 12.6. The first-order chi connectivity index (χ1) is 9.95. The minimum atomic E-state index is -3.85.